The molecule has 0 radical (unpaired) electrons. The molecule has 0 aliphatic heterocycles. The van der Waals surface area contributed by atoms with Crippen LogP contribution >= 0.6 is 11.6 Å². The van der Waals surface area contributed by atoms with Crippen LogP contribution in [0, 0.1) is 0 Å². The Kier molecular flexibility index (Phi) is 5.25. The molecule has 2 N–H and O–H groups in total. The lowest BCUT2D eigenvalue weighted by molar-refractivity contribution is -0.670. The van der Waals surface area contributed by atoms with E-state index in [1.807, 2.05) is 36.4 Å². The van der Waals surface area contributed by atoms with Gasteiger partial charge in [-0.25, -0.2) is 0 Å². The molecule has 0 spiro atoms. The van der Waals surface area contributed by atoms with Crippen LogP contribution in [-0.2, 0) is 13.0 Å². The van der Waals surface area contributed by atoms with Gasteiger partial charge < -0.3 is 10.1 Å². The Balaban J connectivity index is 1.81. The predicted molar refractivity (Wildman–Crippen MR) is 78.6 cm³/mol. The average molecular weight is 277 g/mol. The summed E-state index contributed by atoms with van der Waals surface area (Å²) < 4.78 is 5.34. The Morgan fingerprint density at radius 1 is 1.11 bits per heavy atom. The summed E-state index contributed by atoms with van der Waals surface area (Å²) in [4.78, 5) is 0. The standard InChI is InChI=1S/C16H18ClNO/c1-19-16-8-3-2-6-14(16)12-18-10-9-13-5-4-7-15(17)11-13/h2-8,11,18H,9-10,12H2,1H3/p+1. The van der Waals surface area contributed by atoms with Crippen LogP contribution in [0.4, 0.5) is 0 Å². The first-order valence-corrected chi connectivity index (χ1v) is 6.85. The zero-order chi connectivity index (χ0) is 13.5. The molecule has 2 rings (SSSR count). The highest BCUT2D eigenvalue weighted by Gasteiger charge is 2.03. The first-order valence-electron chi connectivity index (χ1n) is 6.47. The molecule has 0 amide bonds. The van der Waals surface area contributed by atoms with Gasteiger partial charge in [-0.1, -0.05) is 35.9 Å². The molecule has 0 fully saturated rings. The molecule has 0 heterocycles. The summed E-state index contributed by atoms with van der Waals surface area (Å²) in [5.41, 5.74) is 2.51. The van der Waals surface area contributed by atoms with Crippen LogP contribution < -0.4 is 10.1 Å². The fourth-order valence-electron chi connectivity index (χ4n) is 2.09. The van der Waals surface area contributed by atoms with E-state index in [2.05, 4.69) is 17.4 Å². The number of benzene rings is 2. The number of hydrogen-bond donors (Lipinski definition) is 1. The second-order valence-corrected chi connectivity index (χ2v) is 4.91. The normalized spacial score (nSPS) is 10.4. The van der Waals surface area contributed by atoms with E-state index in [-0.39, 0.29) is 0 Å². The van der Waals surface area contributed by atoms with E-state index >= 15 is 0 Å². The van der Waals surface area contributed by atoms with Crippen LogP contribution in [-0.4, -0.2) is 13.7 Å². The molecule has 100 valence electrons. The fourth-order valence-corrected chi connectivity index (χ4v) is 2.30. The molecule has 2 aromatic rings. The maximum absolute atomic E-state index is 5.97. The van der Waals surface area contributed by atoms with E-state index < -0.39 is 0 Å². The van der Waals surface area contributed by atoms with E-state index in [1.54, 1.807) is 7.11 Å². The van der Waals surface area contributed by atoms with E-state index in [0.29, 0.717) is 0 Å². The Bertz CT molecular complexity index is 528. The number of quaternary nitrogens is 1. The lowest BCUT2D eigenvalue weighted by atomic mass is 10.1. The Hall–Kier alpha value is -1.51. The van der Waals surface area contributed by atoms with Gasteiger partial charge in [0.25, 0.3) is 0 Å². The zero-order valence-corrected chi connectivity index (χ0v) is 11.9. The van der Waals surface area contributed by atoms with Crippen molar-refractivity contribution in [3.8, 4) is 5.75 Å². The topological polar surface area (TPSA) is 25.8 Å². The fraction of sp³-hybridized carbons (Fsp3) is 0.250. The van der Waals surface area contributed by atoms with Crippen LogP contribution in [0.2, 0.25) is 5.02 Å². The minimum absolute atomic E-state index is 0.808. The lowest BCUT2D eigenvalue weighted by Gasteiger charge is -2.07. The number of nitrogens with two attached hydrogens (primary N) is 1. The number of rotatable bonds is 6. The van der Waals surface area contributed by atoms with Crippen molar-refractivity contribution >= 4 is 11.6 Å². The van der Waals surface area contributed by atoms with Gasteiger partial charge in [-0.05, 0) is 29.8 Å². The smallest absolute Gasteiger partial charge is 0.127 e. The van der Waals surface area contributed by atoms with Gasteiger partial charge in [0.15, 0.2) is 0 Å². The molecule has 0 unspecified atom stereocenters. The maximum atomic E-state index is 5.97. The molecule has 3 heteroatoms. The molecule has 0 saturated heterocycles. The van der Waals surface area contributed by atoms with Gasteiger partial charge in [0.05, 0.1) is 13.7 Å². The van der Waals surface area contributed by atoms with Gasteiger partial charge in [-0.15, -0.1) is 0 Å². The summed E-state index contributed by atoms with van der Waals surface area (Å²) in [6.07, 6.45) is 1.02. The van der Waals surface area contributed by atoms with Gasteiger partial charge in [0.1, 0.15) is 12.3 Å². The van der Waals surface area contributed by atoms with Gasteiger partial charge >= 0.3 is 0 Å². The van der Waals surface area contributed by atoms with Gasteiger partial charge in [-0.3, -0.25) is 0 Å². The molecular formula is C16H19ClNO+. The second-order valence-electron chi connectivity index (χ2n) is 4.47. The molecule has 19 heavy (non-hydrogen) atoms. The minimum atomic E-state index is 0.808. The van der Waals surface area contributed by atoms with Crippen LogP contribution in [0.15, 0.2) is 48.5 Å². The van der Waals surface area contributed by atoms with Crippen molar-refractivity contribution in [3.63, 3.8) is 0 Å². The third-order valence-corrected chi connectivity index (χ3v) is 3.32. The van der Waals surface area contributed by atoms with Crippen molar-refractivity contribution in [2.24, 2.45) is 0 Å². The summed E-state index contributed by atoms with van der Waals surface area (Å²) >= 11 is 5.97. The first-order chi connectivity index (χ1) is 9.29. The number of hydrogen-bond acceptors (Lipinski definition) is 1. The number of halogens is 1. The van der Waals surface area contributed by atoms with Crippen molar-refractivity contribution in [2.75, 3.05) is 13.7 Å². The third kappa shape index (κ3) is 4.27. The number of methoxy groups -OCH3 is 1. The monoisotopic (exact) mass is 276 g/mol. The molecule has 0 aliphatic rings. The molecule has 0 saturated carbocycles. The van der Waals surface area contributed by atoms with E-state index in [0.717, 1.165) is 30.3 Å². The number of para-hydroxylation sites is 1. The summed E-state index contributed by atoms with van der Waals surface area (Å²) in [6.45, 7) is 1.98. The second kappa shape index (κ2) is 7.17. The van der Waals surface area contributed by atoms with Crippen LogP contribution in [0.25, 0.3) is 0 Å². The molecule has 0 atom stereocenters. The van der Waals surface area contributed by atoms with Crippen molar-refractivity contribution in [1.82, 2.24) is 0 Å². The van der Waals surface area contributed by atoms with Gasteiger partial charge in [0, 0.05) is 17.0 Å². The highest BCUT2D eigenvalue weighted by atomic mass is 35.5. The predicted octanol–water partition coefficient (Wildman–Crippen LogP) is 2.65. The minimum Gasteiger partial charge on any atom is -0.496 e. The number of ether oxygens (including phenoxy) is 1. The van der Waals surface area contributed by atoms with Crippen molar-refractivity contribution in [3.05, 3.63) is 64.7 Å². The zero-order valence-electron chi connectivity index (χ0n) is 11.1. The Morgan fingerprint density at radius 3 is 2.74 bits per heavy atom. The Morgan fingerprint density at radius 2 is 1.95 bits per heavy atom. The van der Waals surface area contributed by atoms with Crippen LogP contribution in [0.5, 0.6) is 5.75 Å². The largest absolute Gasteiger partial charge is 0.496 e. The Labute approximate surface area is 119 Å². The highest BCUT2D eigenvalue weighted by Crippen LogP contribution is 2.15. The third-order valence-electron chi connectivity index (χ3n) is 3.08. The summed E-state index contributed by atoms with van der Waals surface area (Å²) in [5, 5.41) is 3.10. The average Bonchev–Trinajstić information content (AvgIpc) is 2.44. The van der Waals surface area contributed by atoms with Crippen LogP contribution in [0.1, 0.15) is 11.1 Å². The SMILES string of the molecule is COc1ccccc1C[NH2+]CCc1cccc(Cl)c1. The first kappa shape index (κ1) is 13.9. The maximum Gasteiger partial charge on any atom is 0.127 e. The molecule has 0 aromatic heterocycles. The van der Waals surface area contributed by atoms with Crippen molar-refractivity contribution < 1.29 is 10.1 Å². The molecule has 0 bridgehead atoms. The summed E-state index contributed by atoms with van der Waals surface area (Å²) in [7, 11) is 1.71. The van der Waals surface area contributed by atoms with E-state index in [9.17, 15) is 0 Å². The van der Waals surface area contributed by atoms with E-state index in [1.165, 1.54) is 11.1 Å². The lowest BCUT2D eigenvalue weighted by Crippen LogP contribution is -2.83. The highest BCUT2D eigenvalue weighted by molar-refractivity contribution is 6.30. The molecular weight excluding hydrogens is 258 g/mol. The quantitative estimate of drug-likeness (QED) is 0.807. The summed E-state index contributed by atoms with van der Waals surface area (Å²) in [5.74, 6) is 0.960. The molecule has 2 aromatic carbocycles. The van der Waals surface area contributed by atoms with E-state index in [4.69, 9.17) is 16.3 Å². The van der Waals surface area contributed by atoms with Gasteiger partial charge in [0.2, 0.25) is 0 Å². The van der Waals surface area contributed by atoms with Crippen LogP contribution in [0.3, 0.4) is 0 Å². The van der Waals surface area contributed by atoms with Gasteiger partial charge in [-0.2, -0.15) is 0 Å². The molecule has 2 nitrogen and oxygen atoms in total. The summed E-state index contributed by atoms with van der Waals surface area (Å²) in [6, 6.07) is 16.2. The molecule has 0 aliphatic carbocycles. The van der Waals surface area contributed by atoms with Crippen molar-refractivity contribution in [2.45, 2.75) is 13.0 Å². The van der Waals surface area contributed by atoms with Crippen molar-refractivity contribution in [1.29, 1.82) is 0 Å².